The van der Waals surface area contributed by atoms with Crippen molar-refractivity contribution in [1.82, 2.24) is 0 Å². The molecular weight excluding hydrogens is 458 g/mol. The summed E-state index contributed by atoms with van der Waals surface area (Å²) in [6.07, 6.45) is 0.666. The number of ketones is 1. The number of benzene rings is 3. The van der Waals surface area contributed by atoms with Crippen molar-refractivity contribution in [1.29, 1.82) is 0 Å². The van der Waals surface area contributed by atoms with Gasteiger partial charge in [-0.2, -0.15) is 0 Å². The third-order valence-electron chi connectivity index (χ3n) is 5.73. The van der Waals surface area contributed by atoms with Gasteiger partial charge >= 0.3 is 5.97 Å². The number of aryl methyl sites for hydroxylation is 2. The first-order valence-corrected chi connectivity index (χ1v) is 12.5. The maximum Gasteiger partial charge on any atom is 0.331 e. The molecule has 4 aromatic rings. The summed E-state index contributed by atoms with van der Waals surface area (Å²) >= 11 is 1.70. The van der Waals surface area contributed by atoms with E-state index in [2.05, 4.69) is 5.16 Å². The highest BCUT2D eigenvalue weighted by molar-refractivity contribution is 7.98. The molecule has 0 fully saturated rings. The van der Waals surface area contributed by atoms with E-state index < -0.39 is 5.97 Å². The molecule has 0 N–H and O–H groups in total. The number of hydrogen-bond acceptors (Lipinski definition) is 6. The number of thioether (sulfide) groups is 1. The monoisotopic (exact) mass is 485 g/mol. The third kappa shape index (κ3) is 5.72. The zero-order valence-electron chi connectivity index (χ0n) is 20.3. The fourth-order valence-electron chi connectivity index (χ4n) is 3.79. The summed E-state index contributed by atoms with van der Waals surface area (Å²) in [7, 11) is 0. The van der Waals surface area contributed by atoms with Crippen molar-refractivity contribution in [3.8, 4) is 0 Å². The molecule has 3 aromatic carbocycles. The van der Waals surface area contributed by atoms with Gasteiger partial charge < -0.3 is 9.25 Å². The number of fused-ring (bicyclic) bond motifs is 1. The van der Waals surface area contributed by atoms with E-state index in [4.69, 9.17) is 9.25 Å². The first kappa shape index (κ1) is 24.5. The summed E-state index contributed by atoms with van der Waals surface area (Å²) in [6.45, 7) is 7.26. The molecule has 0 bridgehead atoms. The predicted octanol–water partition coefficient (Wildman–Crippen LogP) is 7.25. The summed E-state index contributed by atoms with van der Waals surface area (Å²) < 4.78 is 5.88. The standard InChI is InChI=1S/C29H27NO4S/c1-5-26(30-34-20(4)31)22-9-7-21(8-10-22)17-35-24-13-11-23(12-14-24)28(32)29-19(3)25-16-18(2)6-15-27(25)33-29/h6-16H,5,17H2,1-4H3. The average molecular weight is 486 g/mol. The molecule has 1 aromatic heterocycles. The molecule has 6 heteroatoms. The number of hydrogen-bond donors (Lipinski definition) is 0. The summed E-state index contributed by atoms with van der Waals surface area (Å²) in [5.74, 6) is 0.651. The molecule has 178 valence electrons. The van der Waals surface area contributed by atoms with Crippen molar-refractivity contribution in [2.24, 2.45) is 5.16 Å². The van der Waals surface area contributed by atoms with Crippen LogP contribution >= 0.6 is 11.8 Å². The highest BCUT2D eigenvalue weighted by Crippen LogP contribution is 2.29. The Bertz CT molecular complexity index is 1400. The number of rotatable bonds is 8. The third-order valence-corrected chi connectivity index (χ3v) is 6.81. The summed E-state index contributed by atoms with van der Waals surface area (Å²) in [5, 5.41) is 4.91. The van der Waals surface area contributed by atoms with Gasteiger partial charge in [-0.05, 0) is 67.8 Å². The molecule has 0 saturated carbocycles. The molecule has 0 radical (unpaired) electrons. The number of carbonyl (C=O) groups excluding carboxylic acids is 2. The SMILES string of the molecule is CCC(=NOC(C)=O)c1ccc(CSc2ccc(C(=O)c3oc4ccc(C)cc4c3C)cc2)cc1. The van der Waals surface area contributed by atoms with Gasteiger partial charge in [0, 0.05) is 34.1 Å². The maximum atomic E-state index is 13.1. The number of furan rings is 1. The van der Waals surface area contributed by atoms with Crippen LogP contribution < -0.4 is 0 Å². The molecule has 5 nitrogen and oxygen atoms in total. The molecule has 4 rings (SSSR count). The minimum absolute atomic E-state index is 0.106. The van der Waals surface area contributed by atoms with Crippen LogP contribution in [0.25, 0.3) is 11.0 Å². The summed E-state index contributed by atoms with van der Waals surface area (Å²) in [6, 6.07) is 21.7. The van der Waals surface area contributed by atoms with Gasteiger partial charge in [0.25, 0.3) is 0 Å². The lowest BCUT2D eigenvalue weighted by Crippen LogP contribution is -2.02. The van der Waals surface area contributed by atoms with Crippen LogP contribution in [0.3, 0.4) is 0 Å². The van der Waals surface area contributed by atoms with Crippen LogP contribution in [0.4, 0.5) is 0 Å². The second kappa shape index (κ2) is 10.7. The van der Waals surface area contributed by atoms with Crippen LogP contribution in [0.1, 0.15) is 58.6 Å². The molecule has 0 aliphatic carbocycles. The van der Waals surface area contributed by atoms with Crippen LogP contribution in [-0.4, -0.2) is 17.5 Å². The Morgan fingerprint density at radius 1 is 0.943 bits per heavy atom. The van der Waals surface area contributed by atoms with Gasteiger partial charge in [0.05, 0.1) is 5.71 Å². The van der Waals surface area contributed by atoms with E-state index in [0.29, 0.717) is 17.7 Å². The van der Waals surface area contributed by atoms with Gasteiger partial charge in [-0.25, -0.2) is 4.79 Å². The van der Waals surface area contributed by atoms with Crippen LogP contribution in [0.5, 0.6) is 0 Å². The van der Waals surface area contributed by atoms with Gasteiger partial charge in [-0.1, -0.05) is 48.0 Å². The first-order valence-electron chi connectivity index (χ1n) is 11.5. The molecule has 1 heterocycles. The van der Waals surface area contributed by atoms with E-state index in [0.717, 1.165) is 49.6 Å². The zero-order valence-corrected chi connectivity index (χ0v) is 21.1. The van der Waals surface area contributed by atoms with Crippen molar-refractivity contribution in [2.75, 3.05) is 0 Å². The Kier molecular flexibility index (Phi) is 7.51. The Morgan fingerprint density at radius 3 is 2.29 bits per heavy atom. The Morgan fingerprint density at radius 2 is 1.63 bits per heavy atom. The predicted molar refractivity (Wildman–Crippen MR) is 140 cm³/mol. The minimum Gasteiger partial charge on any atom is -0.452 e. The lowest BCUT2D eigenvalue weighted by atomic mass is 10.0. The van der Waals surface area contributed by atoms with E-state index >= 15 is 0 Å². The first-order chi connectivity index (χ1) is 16.9. The smallest absolute Gasteiger partial charge is 0.331 e. The molecule has 0 spiro atoms. The van der Waals surface area contributed by atoms with E-state index in [9.17, 15) is 9.59 Å². The van der Waals surface area contributed by atoms with E-state index in [1.165, 1.54) is 6.92 Å². The molecule has 0 amide bonds. The molecule has 35 heavy (non-hydrogen) atoms. The zero-order chi connectivity index (χ0) is 24.9. The van der Waals surface area contributed by atoms with Crippen molar-refractivity contribution in [2.45, 2.75) is 44.8 Å². The molecule has 0 aliphatic rings. The topological polar surface area (TPSA) is 68.9 Å². The van der Waals surface area contributed by atoms with Gasteiger partial charge in [-0.3, -0.25) is 4.79 Å². The lowest BCUT2D eigenvalue weighted by Gasteiger charge is -2.06. The van der Waals surface area contributed by atoms with Crippen molar-refractivity contribution < 1.29 is 18.8 Å². The lowest BCUT2D eigenvalue weighted by molar-refractivity contribution is -0.140. The van der Waals surface area contributed by atoms with Crippen molar-refractivity contribution in [3.05, 3.63) is 100 Å². The van der Waals surface area contributed by atoms with Gasteiger partial charge in [0.1, 0.15) is 5.58 Å². The fourth-order valence-corrected chi connectivity index (χ4v) is 4.64. The molecule has 0 saturated heterocycles. The second-order valence-corrected chi connectivity index (χ2v) is 9.42. The van der Waals surface area contributed by atoms with E-state index in [-0.39, 0.29) is 5.78 Å². The maximum absolute atomic E-state index is 13.1. The van der Waals surface area contributed by atoms with Crippen LogP contribution in [0.15, 0.2) is 81.2 Å². The molecule has 0 unspecified atom stereocenters. The van der Waals surface area contributed by atoms with Crippen molar-refractivity contribution >= 4 is 40.2 Å². The normalized spacial score (nSPS) is 11.6. The van der Waals surface area contributed by atoms with Crippen LogP contribution in [0, 0.1) is 13.8 Å². The van der Waals surface area contributed by atoms with Crippen LogP contribution in [0.2, 0.25) is 0 Å². The summed E-state index contributed by atoms with van der Waals surface area (Å²) in [4.78, 5) is 29.9. The Balaban J connectivity index is 1.41. The van der Waals surface area contributed by atoms with Gasteiger partial charge in [0.2, 0.25) is 5.78 Å². The second-order valence-electron chi connectivity index (χ2n) is 8.37. The Hall–Kier alpha value is -3.64. The van der Waals surface area contributed by atoms with E-state index in [1.807, 2.05) is 87.5 Å². The van der Waals surface area contributed by atoms with E-state index in [1.54, 1.807) is 11.8 Å². The fraction of sp³-hybridized carbons (Fsp3) is 0.207. The highest BCUT2D eigenvalue weighted by Gasteiger charge is 2.19. The molecular formula is C29H27NO4S. The largest absolute Gasteiger partial charge is 0.452 e. The van der Waals surface area contributed by atoms with Gasteiger partial charge in [0.15, 0.2) is 5.76 Å². The quantitative estimate of drug-likeness (QED) is 0.0864. The number of oxime groups is 1. The van der Waals surface area contributed by atoms with Gasteiger partial charge in [-0.15, -0.1) is 11.8 Å². The molecule has 0 aliphatic heterocycles. The number of carbonyl (C=O) groups is 2. The Labute approximate surface area is 209 Å². The average Bonchev–Trinajstić information content (AvgIpc) is 3.19. The van der Waals surface area contributed by atoms with Crippen molar-refractivity contribution in [3.63, 3.8) is 0 Å². The minimum atomic E-state index is -0.431. The van der Waals surface area contributed by atoms with Crippen LogP contribution in [-0.2, 0) is 15.4 Å². The highest BCUT2D eigenvalue weighted by atomic mass is 32.2. The number of nitrogens with zero attached hydrogens (tertiary/aromatic N) is 1. The summed E-state index contributed by atoms with van der Waals surface area (Å²) in [5.41, 5.74) is 6.18. The molecule has 0 atom stereocenters.